The van der Waals surface area contributed by atoms with Crippen molar-refractivity contribution in [3.8, 4) is 11.5 Å². The number of ether oxygens (including phenoxy) is 1. The minimum Gasteiger partial charge on any atom is -0.457 e. The lowest BCUT2D eigenvalue weighted by molar-refractivity contribution is 0.478. The molecule has 0 aliphatic rings. The van der Waals surface area contributed by atoms with Crippen LogP contribution in [0.1, 0.15) is 31.4 Å². The second-order valence-electron chi connectivity index (χ2n) is 5.70. The first-order chi connectivity index (χ1) is 11.4. The van der Waals surface area contributed by atoms with E-state index >= 15 is 0 Å². The lowest BCUT2D eigenvalue weighted by Gasteiger charge is -2.15. The van der Waals surface area contributed by atoms with Gasteiger partial charge in [0.05, 0.1) is 5.84 Å². The summed E-state index contributed by atoms with van der Waals surface area (Å²) in [7, 11) is 0. The fourth-order valence-corrected chi connectivity index (χ4v) is 2.91. The summed E-state index contributed by atoms with van der Waals surface area (Å²) in [5.74, 6) is 2.63. The Hall–Kier alpha value is -1.08. The van der Waals surface area contributed by atoms with Gasteiger partial charge in [0.2, 0.25) is 0 Å². The van der Waals surface area contributed by atoms with Crippen LogP contribution in [-0.2, 0) is 0 Å². The first-order valence-corrected chi connectivity index (χ1v) is 9.80. The molecule has 0 fully saturated rings. The predicted octanol–water partition coefficient (Wildman–Crippen LogP) is 6.70. The van der Waals surface area contributed by atoms with E-state index in [1.807, 2.05) is 25.1 Å². The number of aliphatic imine (C=N–C) groups is 1. The SMILES string of the molecule is CCCN=C(C)Nc1cc(C)c(Oc2ccc(I)c(Br)c2)cc1C. The van der Waals surface area contributed by atoms with Crippen molar-refractivity contribution in [2.24, 2.45) is 4.99 Å². The van der Waals surface area contributed by atoms with Crippen LogP contribution >= 0.6 is 38.5 Å². The monoisotopic (exact) mass is 500 g/mol. The molecule has 0 spiro atoms. The Kier molecular flexibility index (Phi) is 7.10. The molecule has 0 saturated heterocycles. The molecule has 0 aliphatic carbocycles. The molecule has 0 aliphatic heterocycles. The Bertz CT molecular complexity index is 759. The zero-order chi connectivity index (χ0) is 17.7. The predicted molar refractivity (Wildman–Crippen MR) is 115 cm³/mol. The second-order valence-corrected chi connectivity index (χ2v) is 7.72. The Morgan fingerprint density at radius 2 is 1.96 bits per heavy atom. The molecule has 3 nitrogen and oxygen atoms in total. The van der Waals surface area contributed by atoms with Crippen LogP contribution in [-0.4, -0.2) is 12.4 Å². The van der Waals surface area contributed by atoms with Crippen molar-refractivity contribution in [2.45, 2.75) is 34.1 Å². The van der Waals surface area contributed by atoms with Gasteiger partial charge in [0.25, 0.3) is 0 Å². The number of hydrogen-bond donors (Lipinski definition) is 1. The molecule has 2 aromatic rings. The van der Waals surface area contributed by atoms with Crippen LogP contribution in [0.25, 0.3) is 0 Å². The molecular weight excluding hydrogens is 479 g/mol. The molecular formula is C19H22BrIN2O. The van der Waals surface area contributed by atoms with Crippen LogP contribution in [0.2, 0.25) is 0 Å². The van der Waals surface area contributed by atoms with Gasteiger partial charge in [-0.3, -0.25) is 4.99 Å². The molecule has 5 heteroatoms. The Morgan fingerprint density at radius 3 is 2.62 bits per heavy atom. The van der Waals surface area contributed by atoms with Crippen molar-refractivity contribution in [3.63, 3.8) is 0 Å². The maximum Gasteiger partial charge on any atom is 0.130 e. The number of hydrogen-bond acceptors (Lipinski definition) is 2. The highest BCUT2D eigenvalue weighted by atomic mass is 127. The van der Waals surface area contributed by atoms with Gasteiger partial charge in [-0.25, -0.2) is 0 Å². The Labute approximate surface area is 166 Å². The molecule has 0 amide bonds. The number of aryl methyl sites for hydroxylation is 2. The number of amidine groups is 1. The smallest absolute Gasteiger partial charge is 0.130 e. The largest absolute Gasteiger partial charge is 0.457 e. The van der Waals surface area contributed by atoms with E-state index in [0.29, 0.717) is 0 Å². The highest BCUT2D eigenvalue weighted by molar-refractivity contribution is 14.1. The standard InChI is InChI=1S/C19H22BrIN2O/c1-5-8-22-14(4)23-18-9-13(3)19(10-12(18)2)24-15-6-7-17(21)16(20)11-15/h6-7,9-11H,5,8H2,1-4H3,(H,22,23). The summed E-state index contributed by atoms with van der Waals surface area (Å²) in [4.78, 5) is 4.49. The van der Waals surface area contributed by atoms with Gasteiger partial charge in [-0.1, -0.05) is 6.92 Å². The molecule has 24 heavy (non-hydrogen) atoms. The highest BCUT2D eigenvalue weighted by Gasteiger charge is 2.08. The molecule has 0 radical (unpaired) electrons. The summed E-state index contributed by atoms with van der Waals surface area (Å²) in [6.07, 6.45) is 1.05. The minimum atomic E-state index is 0.825. The number of nitrogens with zero attached hydrogens (tertiary/aromatic N) is 1. The van der Waals surface area contributed by atoms with Gasteiger partial charge in [-0.2, -0.15) is 0 Å². The van der Waals surface area contributed by atoms with Gasteiger partial charge in [-0.15, -0.1) is 0 Å². The molecule has 0 heterocycles. The lowest BCUT2D eigenvalue weighted by Crippen LogP contribution is -2.09. The van der Waals surface area contributed by atoms with Crippen molar-refractivity contribution < 1.29 is 4.74 Å². The zero-order valence-corrected chi connectivity index (χ0v) is 18.2. The van der Waals surface area contributed by atoms with Gasteiger partial charge in [0, 0.05) is 20.3 Å². The number of halogens is 2. The van der Waals surface area contributed by atoms with E-state index in [0.717, 1.165) is 55.2 Å². The third-order valence-corrected chi connectivity index (χ3v) is 5.87. The molecule has 0 bridgehead atoms. The summed E-state index contributed by atoms with van der Waals surface area (Å²) in [6.45, 7) is 9.10. The second kappa shape index (κ2) is 8.85. The van der Waals surface area contributed by atoms with Crippen LogP contribution < -0.4 is 10.1 Å². The van der Waals surface area contributed by atoms with Crippen molar-refractivity contribution >= 4 is 50.0 Å². The average molecular weight is 501 g/mol. The van der Waals surface area contributed by atoms with Gasteiger partial charge in [0.1, 0.15) is 11.5 Å². The number of anilines is 1. The fourth-order valence-electron chi connectivity index (χ4n) is 2.22. The highest BCUT2D eigenvalue weighted by Crippen LogP contribution is 2.32. The van der Waals surface area contributed by atoms with Crippen LogP contribution in [0.3, 0.4) is 0 Å². The minimum absolute atomic E-state index is 0.825. The third kappa shape index (κ3) is 5.21. The number of nitrogens with one attached hydrogen (secondary N) is 1. The van der Waals surface area contributed by atoms with Gasteiger partial charge in [-0.05, 0) is 107 Å². The molecule has 1 N–H and O–H groups in total. The third-order valence-electron chi connectivity index (χ3n) is 3.53. The Balaban J connectivity index is 2.21. The van der Waals surface area contributed by atoms with Crippen molar-refractivity contribution in [2.75, 3.05) is 11.9 Å². The van der Waals surface area contributed by atoms with Gasteiger partial charge in [0.15, 0.2) is 0 Å². The molecule has 2 aromatic carbocycles. The number of rotatable bonds is 5. The van der Waals surface area contributed by atoms with E-state index < -0.39 is 0 Å². The molecule has 0 saturated carbocycles. The average Bonchev–Trinajstić information content (AvgIpc) is 2.53. The number of benzene rings is 2. The van der Waals surface area contributed by atoms with Gasteiger partial charge >= 0.3 is 0 Å². The maximum atomic E-state index is 6.06. The molecule has 0 unspecified atom stereocenters. The van der Waals surface area contributed by atoms with Crippen LogP contribution in [0.15, 0.2) is 39.8 Å². The van der Waals surface area contributed by atoms with Gasteiger partial charge < -0.3 is 10.1 Å². The first kappa shape index (κ1) is 19.2. The summed E-state index contributed by atoms with van der Waals surface area (Å²) in [6, 6.07) is 10.2. The van der Waals surface area contributed by atoms with Crippen molar-refractivity contribution in [1.29, 1.82) is 0 Å². The molecule has 2 rings (SSSR count). The van der Waals surface area contributed by atoms with Crippen LogP contribution in [0.5, 0.6) is 11.5 Å². The normalized spacial score (nSPS) is 11.5. The van der Waals surface area contributed by atoms with Crippen molar-refractivity contribution in [3.05, 3.63) is 49.5 Å². The van der Waals surface area contributed by atoms with Crippen LogP contribution in [0.4, 0.5) is 5.69 Å². The van der Waals surface area contributed by atoms with E-state index in [9.17, 15) is 0 Å². The summed E-state index contributed by atoms with van der Waals surface area (Å²) < 4.78 is 8.26. The fraction of sp³-hybridized carbons (Fsp3) is 0.316. The summed E-state index contributed by atoms with van der Waals surface area (Å²) in [5, 5.41) is 3.38. The first-order valence-electron chi connectivity index (χ1n) is 7.93. The maximum absolute atomic E-state index is 6.06. The Morgan fingerprint density at radius 1 is 1.21 bits per heavy atom. The van der Waals surface area contributed by atoms with Crippen LogP contribution in [0, 0.1) is 17.4 Å². The molecule has 128 valence electrons. The van der Waals surface area contributed by atoms with E-state index in [1.165, 1.54) is 0 Å². The zero-order valence-electron chi connectivity index (χ0n) is 14.4. The summed E-state index contributed by atoms with van der Waals surface area (Å²) >= 11 is 5.83. The van der Waals surface area contributed by atoms with E-state index in [-0.39, 0.29) is 0 Å². The quantitative estimate of drug-likeness (QED) is 0.281. The van der Waals surface area contributed by atoms with E-state index in [1.54, 1.807) is 0 Å². The molecule has 0 atom stereocenters. The molecule has 0 aromatic heterocycles. The topological polar surface area (TPSA) is 33.6 Å². The van der Waals surface area contributed by atoms with E-state index in [2.05, 4.69) is 81.7 Å². The van der Waals surface area contributed by atoms with Crippen molar-refractivity contribution in [1.82, 2.24) is 0 Å². The van der Waals surface area contributed by atoms with E-state index in [4.69, 9.17) is 4.74 Å². The lowest BCUT2D eigenvalue weighted by atomic mass is 10.1. The summed E-state index contributed by atoms with van der Waals surface area (Å²) in [5.41, 5.74) is 3.29.